The Bertz CT molecular complexity index is 367. The highest BCUT2D eigenvalue weighted by molar-refractivity contribution is 7.80. The fourth-order valence-electron chi connectivity index (χ4n) is 0.817. The van der Waals surface area contributed by atoms with E-state index in [2.05, 4.69) is 6.58 Å². The Hall–Kier alpha value is -1.42. The second kappa shape index (κ2) is 7.82. The van der Waals surface area contributed by atoms with Crippen LogP contribution in [0.2, 0.25) is 0 Å². The van der Waals surface area contributed by atoms with Gasteiger partial charge in [0.05, 0.1) is 0 Å². The van der Waals surface area contributed by atoms with Crippen LogP contribution in [0.15, 0.2) is 36.7 Å². The Morgan fingerprint density at radius 3 is 2.50 bits per heavy atom. The summed E-state index contributed by atoms with van der Waals surface area (Å²) in [6, 6.07) is 0. The summed E-state index contributed by atoms with van der Waals surface area (Å²) in [5.74, 6) is -1.67. The van der Waals surface area contributed by atoms with E-state index in [1.165, 1.54) is 25.2 Å². The molecule has 0 amide bonds. The van der Waals surface area contributed by atoms with Gasteiger partial charge in [-0.25, -0.2) is 4.39 Å². The highest BCUT2D eigenvalue weighted by atomic mass is 32.1. The maximum absolute atomic E-state index is 13.1. The minimum Gasteiger partial charge on any atom is -0.295 e. The number of carbonyl (C=O) groups is 2. The summed E-state index contributed by atoms with van der Waals surface area (Å²) in [5, 5.41) is 0. The molecule has 0 radical (unpaired) electrons. The molecule has 0 saturated heterocycles. The van der Waals surface area contributed by atoms with Gasteiger partial charge >= 0.3 is 0 Å². The summed E-state index contributed by atoms with van der Waals surface area (Å²) in [7, 11) is 0. The molecule has 0 aliphatic carbocycles. The summed E-state index contributed by atoms with van der Waals surface area (Å²) in [5.41, 5.74) is 0. The number of rotatable bonds is 7. The van der Waals surface area contributed by atoms with Crippen molar-refractivity contribution in [1.29, 1.82) is 0 Å². The summed E-state index contributed by atoms with van der Waals surface area (Å²) in [6.07, 6.45) is 5.19. The largest absolute Gasteiger partial charge is 0.295 e. The zero-order chi connectivity index (χ0) is 12.6. The van der Waals surface area contributed by atoms with Crippen LogP contribution < -0.4 is 0 Å². The number of ketones is 2. The Kier molecular flexibility index (Phi) is 7.12. The lowest BCUT2D eigenvalue weighted by molar-refractivity contribution is -0.116. The van der Waals surface area contributed by atoms with E-state index in [0.29, 0.717) is 4.86 Å². The van der Waals surface area contributed by atoms with Gasteiger partial charge in [0, 0.05) is 17.7 Å². The molecule has 0 heterocycles. The van der Waals surface area contributed by atoms with E-state index in [1.807, 2.05) is 0 Å². The third-order valence-corrected chi connectivity index (χ3v) is 1.97. The lowest BCUT2D eigenvalue weighted by Crippen LogP contribution is -1.98. The van der Waals surface area contributed by atoms with Gasteiger partial charge in [0.25, 0.3) is 0 Å². The molecule has 2 nitrogen and oxygen atoms in total. The van der Waals surface area contributed by atoms with Crippen molar-refractivity contribution >= 4 is 28.6 Å². The Morgan fingerprint density at radius 2 is 2.00 bits per heavy atom. The van der Waals surface area contributed by atoms with Crippen molar-refractivity contribution in [2.45, 2.75) is 19.8 Å². The van der Waals surface area contributed by atoms with Gasteiger partial charge in [-0.1, -0.05) is 30.9 Å². The van der Waals surface area contributed by atoms with E-state index >= 15 is 0 Å². The number of allylic oxidation sites excluding steroid dienone is 5. The number of carbonyl (C=O) groups excluding carboxylic acids is 2. The molecule has 0 unspecified atom stereocenters. The molecule has 0 rings (SSSR count). The zero-order valence-electron chi connectivity index (χ0n) is 9.03. The second-order valence-corrected chi connectivity index (χ2v) is 3.59. The minimum absolute atomic E-state index is 0.122. The van der Waals surface area contributed by atoms with Crippen LogP contribution in [0.4, 0.5) is 4.39 Å². The molecular weight excluding hydrogens is 227 g/mol. The van der Waals surface area contributed by atoms with Crippen molar-refractivity contribution in [1.82, 2.24) is 0 Å². The fraction of sp³-hybridized carbons (Fsp3) is 0.250. The molecule has 0 N–H and O–H groups in total. The summed E-state index contributed by atoms with van der Waals surface area (Å²) in [6.45, 7) is 4.78. The monoisotopic (exact) mass is 240 g/mol. The van der Waals surface area contributed by atoms with Crippen molar-refractivity contribution in [3.8, 4) is 0 Å². The van der Waals surface area contributed by atoms with Gasteiger partial charge in [-0.2, -0.15) is 0 Å². The van der Waals surface area contributed by atoms with E-state index in [1.54, 1.807) is 0 Å². The lowest BCUT2D eigenvalue weighted by Gasteiger charge is -1.94. The first-order valence-corrected chi connectivity index (χ1v) is 5.09. The molecule has 0 saturated carbocycles. The summed E-state index contributed by atoms with van der Waals surface area (Å²) >= 11 is 4.78. The van der Waals surface area contributed by atoms with E-state index in [4.69, 9.17) is 12.2 Å². The van der Waals surface area contributed by atoms with E-state index in [0.717, 1.165) is 6.08 Å². The highest BCUT2D eigenvalue weighted by Crippen LogP contribution is 2.05. The number of halogens is 1. The molecule has 16 heavy (non-hydrogen) atoms. The molecule has 86 valence electrons. The molecule has 0 aliphatic rings. The Balaban J connectivity index is 4.22. The normalized spacial score (nSPS) is 11.5. The molecule has 0 aromatic heterocycles. The van der Waals surface area contributed by atoms with Crippen LogP contribution in [-0.4, -0.2) is 16.4 Å². The average molecular weight is 240 g/mol. The van der Waals surface area contributed by atoms with Crippen LogP contribution >= 0.6 is 12.2 Å². The van der Waals surface area contributed by atoms with Crippen LogP contribution in [0.3, 0.4) is 0 Å². The van der Waals surface area contributed by atoms with Gasteiger partial charge in [-0.3, -0.25) is 9.59 Å². The first kappa shape index (κ1) is 14.6. The lowest BCUT2D eigenvalue weighted by atomic mass is 10.2. The van der Waals surface area contributed by atoms with Crippen molar-refractivity contribution in [3.63, 3.8) is 0 Å². The second-order valence-electron chi connectivity index (χ2n) is 3.07. The van der Waals surface area contributed by atoms with E-state index in [9.17, 15) is 14.0 Å². The van der Waals surface area contributed by atoms with Crippen LogP contribution in [0.25, 0.3) is 0 Å². The predicted octanol–water partition coefficient (Wildman–Crippen LogP) is 2.89. The van der Waals surface area contributed by atoms with Crippen LogP contribution in [0.1, 0.15) is 19.8 Å². The smallest absolute Gasteiger partial charge is 0.194 e. The number of thiocarbonyl (C=S) groups is 1. The zero-order valence-corrected chi connectivity index (χ0v) is 9.85. The molecule has 0 atom stereocenters. The predicted molar refractivity (Wildman–Crippen MR) is 66.0 cm³/mol. The molecule has 0 fully saturated rings. The maximum atomic E-state index is 13.1. The van der Waals surface area contributed by atoms with Gasteiger partial charge < -0.3 is 0 Å². The fourth-order valence-corrected chi connectivity index (χ4v) is 0.900. The van der Waals surface area contributed by atoms with Crippen molar-refractivity contribution in [3.05, 3.63) is 36.7 Å². The Labute approximate surface area is 99.5 Å². The standard InChI is InChI=1S/C12H13FO2S/c1-3-10(16)7-8-11(13)12(15)6-4-5-9(2)14/h3-5,8H,1,6-7H2,2H3/b5-4+,11-8-. The van der Waals surface area contributed by atoms with Crippen LogP contribution in [0.5, 0.6) is 0 Å². The molecular formula is C12H13FO2S. The molecule has 4 heteroatoms. The quantitative estimate of drug-likeness (QED) is 0.507. The van der Waals surface area contributed by atoms with Crippen molar-refractivity contribution in [2.75, 3.05) is 0 Å². The van der Waals surface area contributed by atoms with Crippen molar-refractivity contribution in [2.24, 2.45) is 0 Å². The number of Topliss-reactive ketones (excluding diaryl/α,β-unsaturated/α-hetero) is 1. The molecule has 0 bridgehead atoms. The third kappa shape index (κ3) is 6.95. The maximum Gasteiger partial charge on any atom is 0.194 e. The van der Waals surface area contributed by atoms with Gasteiger partial charge in [0.1, 0.15) is 0 Å². The van der Waals surface area contributed by atoms with Crippen LogP contribution in [-0.2, 0) is 9.59 Å². The minimum atomic E-state index is -0.836. The summed E-state index contributed by atoms with van der Waals surface area (Å²) < 4.78 is 13.1. The third-order valence-electron chi connectivity index (χ3n) is 1.63. The molecule has 0 aliphatic heterocycles. The topological polar surface area (TPSA) is 34.1 Å². The van der Waals surface area contributed by atoms with Gasteiger partial charge in [-0.15, -0.1) is 0 Å². The van der Waals surface area contributed by atoms with Gasteiger partial charge in [0.15, 0.2) is 17.4 Å². The first-order valence-electron chi connectivity index (χ1n) is 4.68. The van der Waals surface area contributed by atoms with Gasteiger partial charge in [-0.05, 0) is 19.1 Å². The molecule has 0 aromatic carbocycles. The summed E-state index contributed by atoms with van der Waals surface area (Å²) in [4.78, 5) is 22.1. The molecule has 0 aromatic rings. The average Bonchev–Trinajstić information content (AvgIpc) is 2.24. The first-order chi connectivity index (χ1) is 7.47. The van der Waals surface area contributed by atoms with Gasteiger partial charge in [0.2, 0.25) is 0 Å². The number of hydrogen-bond acceptors (Lipinski definition) is 3. The van der Waals surface area contributed by atoms with Crippen molar-refractivity contribution < 1.29 is 14.0 Å². The highest BCUT2D eigenvalue weighted by Gasteiger charge is 2.06. The SMILES string of the molecule is C=CC(=S)C/C=C(\F)C(=O)C/C=C/C(C)=O. The number of hydrogen-bond donors (Lipinski definition) is 0. The van der Waals surface area contributed by atoms with Crippen LogP contribution in [0, 0.1) is 0 Å². The van der Waals surface area contributed by atoms with E-state index in [-0.39, 0.29) is 18.6 Å². The van der Waals surface area contributed by atoms with E-state index < -0.39 is 11.6 Å². The molecule has 0 spiro atoms. The Morgan fingerprint density at radius 1 is 1.38 bits per heavy atom.